The zero-order chi connectivity index (χ0) is 20.8. The molecule has 1 heterocycles. The number of carboxylic acid groups (broad SMARTS) is 1. The minimum absolute atomic E-state index is 0.144. The molecule has 2 atom stereocenters. The molecule has 0 saturated heterocycles. The Morgan fingerprint density at radius 3 is 2.83 bits per heavy atom. The van der Waals surface area contributed by atoms with Gasteiger partial charge in [-0.1, -0.05) is 38.0 Å². The molecule has 2 aromatic rings. The Hall–Kier alpha value is -2.51. The molecule has 0 aromatic heterocycles. The third-order valence-corrected chi connectivity index (χ3v) is 6.41. The van der Waals surface area contributed by atoms with E-state index in [0.717, 1.165) is 37.3 Å². The van der Waals surface area contributed by atoms with Gasteiger partial charge >= 0.3 is 5.97 Å². The molecule has 0 bridgehead atoms. The highest BCUT2D eigenvalue weighted by Crippen LogP contribution is 2.40. The van der Waals surface area contributed by atoms with Gasteiger partial charge in [0.15, 0.2) is 16.5 Å². The molecule has 29 heavy (non-hydrogen) atoms. The monoisotopic (exact) mass is 417 g/mol. The molecule has 0 saturated carbocycles. The van der Waals surface area contributed by atoms with E-state index in [1.54, 1.807) is 0 Å². The fraction of sp³-hybridized carbons (Fsp3) is 0.318. The quantitative estimate of drug-likeness (QED) is 0.395. The van der Waals surface area contributed by atoms with Crippen LogP contribution in [0.4, 0.5) is 15.8 Å². The summed E-state index contributed by atoms with van der Waals surface area (Å²) in [5, 5.41) is 8.68. The van der Waals surface area contributed by atoms with E-state index in [-0.39, 0.29) is 11.7 Å². The average molecular weight is 418 g/mol. The molecule has 5 nitrogen and oxygen atoms in total. The molecule has 0 radical (unpaired) electrons. The summed E-state index contributed by atoms with van der Waals surface area (Å²) in [6.45, 7) is 2.78. The lowest BCUT2D eigenvalue weighted by Crippen LogP contribution is -2.26. The standard InChI is InChI=1S/C22H24FNO4S/c1-2-3-7-16-14-24(17-8-5-4-6-9-17)19-12-18(23)20(28-11-10-22(25)26)13-21(19)29(27)15-16/h4-6,8-13,16H,2-3,7,14-15H2,1H3,(H,25,26)/b11-10+/t16-,29?/m0/s1. The van der Waals surface area contributed by atoms with Crippen molar-refractivity contribution in [3.63, 3.8) is 0 Å². The number of hydrogen-bond acceptors (Lipinski definition) is 4. The van der Waals surface area contributed by atoms with Crippen LogP contribution in [0.25, 0.3) is 0 Å². The number of anilines is 2. The molecule has 0 aliphatic carbocycles. The van der Waals surface area contributed by atoms with Crippen LogP contribution in [-0.2, 0) is 16.0 Å². The Balaban J connectivity index is 2.01. The molecule has 3 rings (SSSR count). The summed E-state index contributed by atoms with van der Waals surface area (Å²) in [5.41, 5.74) is 1.47. The summed E-state index contributed by atoms with van der Waals surface area (Å²) < 4.78 is 33.0. The Bertz CT molecular complexity index is 875. The molecule has 2 aromatic carbocycles. The highest BCUT2D eigenvalue weighted by atomic mass is 32.2. The van der Waals surface area contributed by atoms with Gasteiger partial charge in [0.05, 0.1) is 12.3 Å². The Morgan fingerprint density at radius 2 is 2.14 bits per heavy atom. The maximum absolute atomic E-state index is 14.7. The maximum Gasteiger partial charge on any atom is 0.331 e. The summed E-state index contributed by atoms with van der Waals surface area (Å²) in [7, 11) is 0. The van der Waals surface area contributed by atoms with Gasteiger partial charge in [0.25, 0.3) is 0 Å². The molecule has 7 heteroatoms. The van der Waals surface area contributed by atoms with Crippen molar-refractivity contribution in [3.8, 4) is 5.75 Å². The van der Waals surface area contributed by atoms with Crippen molar-refractivity contribution in [2.24, 2.45) is 5.92 Å². The topological polar surface area (TPSA) is 72.8 Å². The van der Waals surface area contributed by atoms with Gasteiger partial charge in [-0.25, -0.2) is 9.18 Å². The molecule has 0 spiro atoms. The highest BCUT2D eigenvalue weighted by molar-refractivity contribution is 7.91. The van der Waals surface area contributed by atoms with E-state index in [0.29, 0.717) is 22.9 Å². The van der Waals surface area contributed by atoms with E-state index in [2.05, 4.69) is 6.92 Å². The fourth-order valence-corrected chi connectivity index (χ4v) is 4.93. The first kappa shape index (κ1) is 21.2. The van der Waals surface area contributed by atoms with Gasteiger partial charge in [-0.15, -0.1) is 0 Å². The summed E-state index contributed by atoms with van der Waals surface area (Å²) >= 11 is -1.32. The Kier molecular flexibility index (Phi) is 7.17. The third kappa shape index (κ3) is 5.31. The molecule has 1 unspecified atom stereocenters. The zero-order valence-corrected chi connectivity index (χ0v) is 17.0. The van der Waals surface area contributed by atoms with Crippen molar-refractivity contribution in [2.75, 3.05) is 17.2 Å². The minimum Gasteiger partial charge on any atom is -0.611 e. The minimum atomic E-state index is -1.32. The van der Waals surface area contributed by atoms with Crippen LogP contribution < -0.4 is 9.64 Å². The summed E-state index contributed by atoms with van der Waals surface area (Å²) in [4.78, 5) is 13.1. The molecule has 0 fully saturated rings. The molecule has 1 aliphatic heterocycles. The predicted octanol–water partition coefficient (Wildman–Crippen LogP) is 4.87. The van der Waals surface area contributed by atoms with Crippen LogP contribution in [0.1, 0.15) is 26.2 Å². The number of carbonyl (C=O) groups is 1. The van der Waals surface area contributed by atoms with Crippen LogP contribution >= 0.6 is 0 Å². The van der Waals surface area contributed by atoms with Crippen molar-refractivity contribution in [3.05, 3.63) is 60.6 Å². The first-order valence-electron chi connectivity index (χ1n) is 9.60. The van der Waals surface area contributed by atoms with Gasteiger partial charge in [0, 0.05) is 30.3 Å². The van der Waals surface area contributed by atoms with E-state index in [4.69, 9.17) is 9.84 Å². The lowest BCUT2D eigenvalue weighted by molar-refractivity contribution is -0.131. The second-order valence-electron chi connectivity index (χ2n) is 6.98. The van der Waals surface area contributed by atoms with Gasteiger partial charge in [0.2, 0.25) is 0 Å². The molecule has 0 amide bonds. The number of para-hydroxylation sites is 1. The number of unbranched alkanes of at least 4 members (excludes halogenated alkanes) is 1. The Labute approximate surface area is 173 Å². The molecule has 1 N–H and O–H groups in total. The SMILES string of the molecule is CCCC[C@H]1CN(c2ccccc2)c2cc(F)c(O/C=C/C(=O)O)cc2[S+]([O-])C1. The summed E-state index contributed by atoms with van der Waals surface area (Å²) in [5.74, 6) is -1.27. The van der Waals surface area contributed by atoms with Crippen molar-refractivity contribution in [1.29, 1.82) is 0 Å². The van der Waals surface area contributed by atoms with E-state index < -0.39 is 23.0 Å². The number of carboxylic acids is 1. The normalized spacial score (nSPS) is 19.1. The molecule has 1 aliphatic rings. The summed E-state index contributed by atoms with van der Waals surface area (Å²) in [6.07, 6.45) is 4.74. The van der Waals surface area contributed by atoms with Crippen LogP contribution in [0, 0.1) is 11.7 Å². The first-order valence-corrected chi connectivity index (χ1v) is 10.9. The fourth-order valence-electron chi connectivity index (χ4n) is 3.41. The van der Waals surface area contributed by atoms with Gasteiger partial charge < -0.3 is 19.3 Å². The van der Waals surface area contributed by atoms with E-state index in [1.165, 1.54) is 12.1 Å². The van der Waals surface area contributed by atoms with Crippen LogP contribution in [-0.4, -0.2) is 27.9 Å². The van der Waals surface area contributed by atoms with Gasteiger partial charge in [0.1, 0.15) is 11.4 Å². The molecular weight excluding hydrogens is 393 g/mol. The van der Waals surface area contributed by atoms with Crippen LogP contribution in [0.15, 0.2) is 59.7 Å². The smallest absolute Gasteiger partial charge is 0.331 e. The lowest BCUT2D eigenvalue weighted by Gasteiger charge is -2.26. The number of rotatable bonds is 7. The van der Waals surface area contributed by atoms with Gasteiger partial charge in [-0.05, 0) is 29.7 Å². The lowest BCUT2D eigenvalue weighted by atomic mass is 10.0. The number of nitrogens with zero attached hydrogens (tertiary/aromatic N) is 1. The summed E-state index contributed by atoms with van der Waals surface area (Å²) in [6, 6.07) is 12.4. The van der Waals surface area contributed by atoms with Crippen LogP contribution in [0.2, 0.25) is 0 Å². The van der Waals surface area contributed by atoms with Crippen LogP contribution in [0.5, 0.6) is 5.75 Å². The molecule has 154 valence electrons. The van der Waals surface area contributed by atoms with E-state index >= 15 is 0 Å². The van der Waals surface area contributed by atoms with E-state index in [9.17, 15) is 13.7 Å². The number of hydrogen-bond donors (Lipinski definition) is 1. The van der Waals surface area contributed by atoms with Crippen LogP contribution in [0.3, 0.4) is 0 Å². The van der Waals surface area contributed by atoms with Gasteiger partial charge in [-0.3, -0.25) is 0 Å². The maximum atomic E-state index is 14.7. The van der Waals surface area contributed by atoms with Crippen molar-refractivity contribution < 1.29 is 23.6 Å². The zero-order valence-electron chi connectivity index (χ0n) is 16.2. The third-order valence-electron chi connectivity index (χ3n) is 4.82. The predicted molar refractivity (Wildman–Crippen MR) is 112 cm³/mol. The van der Waals surface area contributed by atoms with Crippen molar-refractivity contribution >= 4 is 28.5 Å². The average Bonchev–Trinajstić information content (AvgIpc) is 2.83. The van der Waals surface area contributed by atoms with Gasteiger partial charge in [-0.2, -0.15) is 0 Å². The first-order chi connectivity index (χ1) is 14.0. The second-order valence-corrected chi connectivity index (χ2v) is 8.44. The number of halogens is 1. The second kappa shape index (κ2) is 9.80. The van der Waals surface area contributed by atoms with Crippen molar-refractivity contribution in [1.82, 2.24) is 0 Å². The highest BCUT2D eigenvalue weighted by Gasteiger charge is 2.33. The largest absolute Gasteiger partial charge is 0.611 e. The molecular formula is C22H24FNO4S. The van der Waals surface area contributed by atoms with E-state index in [1.807, 2.05) is 35.2 Å². The Morgan fingerprint density at radius 1 is 1.38 bits per heavy atom. The number of ether oxygens (including phenoxy) is 1. The number of benzene rings is 2. The van der Waals surface area contributed by atoms with Crippen molar-refractivity contribution in [2.45, 2.75) is 31.1 Å². The number of fused-ring (bicyclic) bond motifs is 1. The number of aliphatic carboxylic acids is 1.